The van der Waals surface area contributed by atoms with Crippen LogP contribution in [-0.4, -0.2) is 11.5 Å². The van der Waals surface area contributed by atoms with Crippen LogP contribution in [-0.2, 0) is 0 Å². The van der Waals surface area contributed by atoms with E-state index in [2.05, 4.69) is 17.2 Å². The number of hydrogen-bond donors (Lipinski definition) is 1. The first-order valence-corrected chi connectivity index (χ1v) is 7.41. The smallest absolute Gasteiger partial charge is 0.0794 e. The molecule has 0 aliphatic heterocycles. The molecule has 1 fully saturated rings. The molecule has 2 nitrogen and oxygen atoms in total. The van der Waals surface area contributed by atoms with Crippen molar-refractivity contribution in [2.45, 2.75) is 51.5 Å². The first kappa shape index (κ1) is 12.1. The molecule has 0 radical (unpaired) electrons. The summed E-state index contributed by atoms with van der Waals surface area (Å²) < 4.78 is 0. The molecule has 1 unspecified atom stereocenters. The normalized spacial score (nSPS) is 20.6. The Kier molecular flexibility index (Phi) is 4.79. The van der Waals surface area contributed by atoms with Crippen LogP contribution in [0.4, 0.5) is 0 Å². The lowest BCUT2D eigenvalue weighted by atomic mass is 9.91. The molecule has 1 saturated carbocycles. The van der Waals surface area contributed by atoms with Gasteiger partial charge in [-0.25, -0.2) is 0 Å². The van der Waals surface area contributed by atoms with E-state index in [0.717, 1.165) is 12.5 Å². The molecule has 0 bridgehead atoms. The summed E-state index contributed by atoms with van der Waals surface area (Å²) in [6.07, 6.45) is 10.5. The molecule has 1 aromatic rings. The van der Waals surface area contributed by atoms with Crippen molar-refractivity contribution in [1.82, 2.24) is 10.3 Å². The van der Waals surface area contributed by atoms with Gasteiger partial charge in [-0.1, -0.05) is 32.6 Å². The summed E-state index contributed by atoms with van der Waals surface area (Å²) in [7, 11) is 0. The maximum absolute atomic E-state index is 4.22. The van der Waals surface area contributed by atoms with Gasteiger partial charge in [-0.15, -0.1) is 11.3 Å². The Balaban J connectivity index is 2.05. The van der Waals surface area contributed by atoms with Gasteiger partial charge >= 0.3 is 0 Å². The molecule has 3 heteroatoms. The van der Waals surface area contributed by atoms with Crippen LogP contribution in [0.25, 0.3) is 0 Å². The van der Waals surface area contributed by atoms with E-state index in [4.69, 9.17) is 0 Å². The van der Waals surface area contributed by atoms with E-state index in [1.165, 1.54) is 43.4 Å². The molecule has 0 saturated heterocycles. The molecule has 1 aliphatic carbocycles. The number of rotatable bonds is 4. The Labute approximate surface area is 102 Å². The Morgan fingerprint density at radius 1 is 1.38 bits per heavy atom. The van der Waals surface area contributed by atoms with Gasteiger partial charge in [0.1, 0.15) is 0 Å². The van der Waals surface area contributed by atoms with Gasteiger partial charge in [0.15, 0.2) is 0 Å². The lowest BCUT2D eigenvalue weighted by Gasteiger charge is -2.25. The maximum Gasteiger partial charge on any atom is 0.0794 e. The van der Waals surface area contributed by atoms with Crippen LogP contribution in [0.5, 0.6) is 0 Å². The highest BCUT2D eigenvalue weighted by Crippen LogP contribution is 2.34. The minimum atomic E-state index is 0.551. The first-order chi connectivity index (χ1) is 7.92. The van der Waals surface area contributed by atoms with Crippen LogP contribution in [0.3, 0.4) is 0 Å². The maximum atomic E-state index is 4.22. The summed E-state index contributed by atoms with van der Waals surface area (Å²) >= 11 is 1.80. The zero-order valence-electron chi connectivity index (χ0n) is 10.1. The molecule has 1 heterocycles. The second kappa shape index (κ2) is 6.36. The van der Waals surface area contributed by atoms with Gasteiger partial charge in [0.25, 0.3) is 0 Å². The van der Waals surface area contributed by atoms with E-state index in [-0.39, 0.29) is 0 Å². The second-order valence-corrected chi connectivity index (χ2v) is 5.61. The summed E-state index contributed by atoms with van der Waals surface area (Å²) in [5.74, 6) is 0.822. The molecule has 1 aromatic heterocycles. The van der Waals surface area contributed by atoms with Gasteiger partial charge < -0.3 is 5.32 Å². The topological polar surface area (TPSA) is 24.9 Å². The van der Waals surface area contributed by atoms with Gasteiger partial charge in [-0.2, -0.15) is 0 Å². The van der Waals surface area contributed by atoms with E-state index >= 15 is 0 Å². The van der Waals surface area contributed by atoms with E-state index in [1.54, 1.807) is 11.3 Å². The highest BCUT2D eigenvalue weighted by molar-refractivity contribution is 7.09. The van der Waals surface area contributed by atoms with Crippen LogP contribution in [0.15, 0.2) is 11.7 Å². The monoisotopic (exact) mass is 238 g/mol. The summed E-state index contributed by atoms with van der Waals surface area (Å²) in [5, 5.41) is 3.65. The molecule has 16 heavy (non-hydrogen) atoms. The molecule has 0 aromatic carbocycles. The van der Waals surface area contributed by atoms with E-state index in [9.17, 15) is 0 Å². The molecule has 90 valence electrons. The highest BCUT2D eigenvalue weighted by atomic mass is 32.1. The van der Waals surface area contributed by atoms with Crippen LogP contribution in [0.1, 0.15) is 56.4 Å². The predicted octanol–water partition coefficient (Wildman–Crippen LogP) is 3.76. The van der Waals surface area contributed by atoms with Crippen molar-refractivity contribution in [3.05, 3.63) is 16.6 Å². The predicted molar refractivity (Wildman–Crippen MR) is 69.7 cm³/mol. The van der Waals surface area contributed by atoms with Gasteiger partial charge in [-0.3, -0.25) is 4.98 Å². The van der Waals surface area contributed by atoms with Crippen LogP contribution < -0.4 is 5.32 Å². The molecule has 1 atom stereocenters. The summed E-state index contributed by atoms with van der Waals surface area (Å²) in [6, 6.07) is 0.551. The third-order valence-corrected chi connectivity index (χ3v) is 4.41. The molecule has 0 amide bonds. The Morgan fingerprint density at radius 3 is 2.69 bits per heavy atom. The number of hydrogen-bond acceptors (Lipinski definition) is 3. The fraction of sp³-hybridized carbons (Fsp3) is 0.769. The molecular formula is C13H22N2S. The zero-order valence-corrected chi connectivity index (χ0v) is 10.9. The molecule has 1 N–H and O–H groups in total. The number of nitrogens with zero attached hydrogens (tertiary/aromatic N) is 1. The summed E-state index contributed by atoms with van der Waals surface area (Å²) in [6.45, 7) is 3.25. The average Bonchev–Trinajstić information content (AvgIpc) is 2.69. The number of aromatic nitrogens is 1. The zero-order chi connectivity index (χ0) is 11.2. The third kappa shape index (κ3) is 3.05. The molecule has 2 rings (SSSR count). The van der Waals surface area contributed by atoms with Crippen molar-refractivity contribution in [2.24, 2.45) is 5.92 Å². The Bertz CT molecular complexity index is 276. The minimum Gasteiger partial charge on any atom is -0.309 e. The quantitative estimate of drug-likeness (QED) is 0.808. The Hall–Kier alpha value is -0.410. The lowest BCUT2D eigenvalue weighted by molar-refractivity contribution is 0.334. The molecule has 1 aliphatic rings. The van der Waals surface area contributed by atoms with Crippen molar-refractivity contribution in [2.75, 3.05) is 6.54 Å². The van der Waals surface area contributed by atoms with Crippen molar-refractivity contribution in [3.8, 4) is 0 Å². The van der Waals surface area contributed by atoms with Gasteiger partial charge in [-0.05, 0) is 25.3 Å². The van der Waals surface area contributed by atoms with Crippen molar-refractivity contribution < 1.29 is 0 Å². The van der Waals surface area contributed by atoms with Crippen LogP contribution >= 0.6 is 11.3 Å². The average molecular weight is 238 g/mol. The standard InChI is InChI=1S/C13H22N2S/c1-2-15-13(12-9-14-10-16-12)11-7-5-3-4-6-8-11/h9-11,13,15H,2-8H2,1H3. The Morgan fingerprint density at radius 2 is 2.12 bits per heavy atom. The van der Waals surface area contributed by atoms with E-state index < -0.39 is 0 Å². The fourth-order valence-corrected chi connectivity index (χ4v) is 3.53. The largest absolute Gasteiger partial charge is 0.309 e. The number of thiazole rings is 1. The van der Waals surface area contributed by atoms with Gasteiger partial charge in [0, 0.05) is 17.1 Å². The van der Waals surface area contributed by atoms with Gasteiger partial charge in [0.05, 0.1) is 5.51 Å². The third-order valence-electron chi connectivity index (χ3n) is 3.55. The summed E-state index contributed by atoms with van der Waals surface area (Å²) in [5.41, 5.74) is 1.95. The molecule has 0 spiro atoms. The second-order valence-electron chi connectivity index (χ2n) is 4.69. The van der Waals surface area contributed by atoms with Crippen molar-refractivity contribution >= 4 is 11.3 Å². The highest BCUT2D eigenvalue weighted by Gasteiger charge is 2.24. The van der Waals surface area contributed by atoms with E-state index in [1.807, 2.05) is 11.7 Å². The lowest BCUT2D eigenvalue weighted by Crippen LogP contribution is -2.27. The van der Waals surface area contributed by atoms with Crippen molar-refractivity contribution in [3.63, 3.8) is 0 Å². The van der Waals surface area contributed by atoms with Crippen molar-refractivity contribution in [1.29, 1.82) is 0 Å². The van der Waals surface area contributed by atoms with E-state index in [0.29, 0.717) is 6.04 Å². The van der Waals surface area contributed by atoms with Crippen LogP contribution in [0, 0.1) is 5.92 Å². The SMILES string of the molecule is CCNC(c1cncs1)C1CCCCCC1. The molecular weight excluding hydrogens is 216 g/mol. The first-order valence-electron chi connectivity index (χ1n) is 6.53. The fourth-order valence-electron chi connectivity index (χ4n) is 2.74. The van der Waals surface area contributed by atoms with Gasteiger partial charge in [0.2, 0.25) is 0 Å². The summed E-state index contributed by atoms with van der Waals surface area (Å²) in [4.78, 5) is 5.65. The minimum absolute atomic E-state index is 0.551. The van der Waals surface area contributed by atoms with Crippen LogP contribution in [0.2, 0.25) is 0 Å². The number of nitrogens with one attached hydrogen (secondary N) is 1.